The van der Waals surface area contributed by atoms with Crippen molar-refractivity contribution in [2.24, 2.45) is 0 Å². The molecule has 1 aliphatic heterocycles. The second-order valence-corrected chi connectivity index (χ2v) is 4.75. The summed E-state index contributed by atoms with van der Waals surface area (Å²) in [4.78, 5) is 12.0. The minimum Gasteiger partial charge on any atom is -0.508 e. The average Bonchev–Trinajstić information content (AvgIpc) is 2.83. The highest BCUT2D eigenvalue weighted by molar-refractivity contribution is 7.07. The van der Waals surface area contributed by atoms with Gasteiger partial charge in [0.2, 0.25) is 0 Å². The van der Waals surface area contributed by atoms with Crippen molar-refractivity contribution in [3.05, 3.63) is 46.2 Å². The summed E-state index contributed by atoms with van der Waals surface area (Å²) in [5.74, 6) is 0.656. The number of hydrogen-bond donors (Lipinski definition) is 1. The second-order valence-electron chi connectivity index (χ2n) is 3.97. The second kappa shape index (κ2) is 3.89. The molecule has 0 saturated heterocycles. The molecule has 2 heterocycles. The van der Waals surface area contributed by atoms with Crippen LogP contribution in [0.2, 0.25) is 0 Å². The Morgan fingerprint density at radius 1 is 1.35 bits per heavy atom. The number of benzene rings is 1. The van der Waals surface area contributed by atoms with Gasteiger partial charge in [0.1, 0.15) is 17.6 Å². The fourth-order valence-electron chi connectivity index (χ4n) is 1.96. The molecule has 0 saturated carbocycles. The molecule has 3 rings (SSSR count). The monoisotopic (exact) mass is 246 g/mol. The summed E-state index contributed by atoms with van der Waals surface area (Å²) < 4.78 is 5.78. The lowest BCUT2D eigenvalue weighted by atomic mass is 9.97. The van der Waals surface area contributed by atoms with Gasteiger partial charge in [-0.05, 0) is 35.0 Å². The predicted octanol–water partition coefficient (Wildman–Crippen LogP) is 3.16. The maximum atomic E-state index is 12.0. The van der Waals surface area contributed by atoms with Crippen molar-refractivity contribution in [2.75, 3.05) is 0 Å². The standard InChI is InChI=1S/C13H10O3S/c14-9-1-2-12-10(5-9)11(15)6-13(16-12)8-3-4-17-7-8/h1-5,7,13-14H,6H2/t13-/m1/s1. The van der Waals surface area contributed by atoms with Gasteiger partial charge in [0.15, 0.2) is 5.78 Å². The minimum absolute atomic E-state index is 0.0124. The van der Waals surface area contributed by atoms with Crippen LogP contribution >= 0.6 is 11.3 Å². The molecule has 3 nitrogen and oxygen atoms in total. The van der Waals surface area contributed by atoms with E-state index in [1.54, 1.807) is 17.4 Å². The molecule has 0 bridgehead atoms. The smallest absolute Gasteiger partial charge is 0.170 e. The van der Waals surface area contributed by atoms with E-state index in [1.807, 2.05) is 16.8 Å². The molecule has 0 spiro atoms. The lowest BCUT2D eigenvalue weighted by Crippen LogP contribution is -2.19. The molecular weight excluding hydrogens is 236 g/mol. The van der Waals surface area contributed by atoms with E-state index in [-0.39, 0.29) is 17.6 Å². The van der Waals surface area contributed by atoms with E-state index in [4.69, 9.17) is 4.74 Å². The normalized spacial score (nSPS) is 18.6. The third kappa shape index (κ3) is 1.80. The first-order valence-electron chi connectivity index (χ1n) is 5.29. The Morgan fingerprint density at radius 3 is 3.00 bits per heavy atom. The summed E-state index contributed by atoms with van der Waals surface area (Å²) >= 11 is 1.59. The number of carbonyl (C=O) groups is 1. The molecule has 0 aliphatic carbocycles. The van der Waals surface area contributed by atoms with Crippen LogP contribution in [0.1, 0.15) is 28.4 Å². The molecule has 4 heteroatoms. The Bertz CT molecular complexity index is 560. The molecule has 0 fully saturated rings. The Kier molecular flexibility index (Phi) is 2.37. The van der Waals surface area contributed by atoms with E-state index in [9.17, 15) is 9.90 Å². The average molecular weight is 246 g/mol. The van der Waals surface area contributed by atoms with Gasteiger partial charge in [-0.3, -0.25) is 4.79 Å². The largest absolute Gasteiger partial charge is 0.508 e. The highest BCUT2D eigenvalue weighted by atomic mass is 32.1. The molecule has 1 atom stereocenters. The summed E-state index contributed by atoms with van der Waals surface area (Å²) in [5, 5.41) is 13.3. The van der Waals surface area contributed by atoms with Crippen LogP contribution in [0.4, 0.5) is 0 Å². The molecule has 1 aliphatic rings. The van der Waals surface area contributed by atoms with Gasteiger partial charge >= 0.3 is 0 Å². The Morgan fingerprint density at radius 2 is 2.24 bits per heavy atom. The number of hydrogen-bond acceptors (Lipinski definition) is 4. The number of aromatic hydroxyl groups is 1. The van der Waals surface area contributed by atoms with Gasteiger partial charge in [0, 0.05) is 5.56 Å². The van der Waals surface area contributed by atoms with Crippen molar-refractivity contribution < 1.29 is 14.6 Å². The van der Waals surface area contributed by atoms with Crippen LogP contribution in [-0.2, 0) is 0 Å². The van der Waals surface area contributed by atoms with Crippen molar-refractivity contribution in [3.63, 3.8) is 0 Å². The van der Waals surface area contributed by atoms with Gasteiger partial charge in [-0.15, -0.1) is 0 Å². The summed E-state index contributed by atoms with van der Waals surface area (Å²) in [6.07, 6.45) is 0.124. The van der Waals surface area contributed by atoms with Gasteiger partial charge in [-0.25, -0.2) is 0 Å². The van der Waals surface area contributed by atoms with Gasteiger partial charge in [-0.1, -0.05) is 0 Å². The molecule has 0 unspecified atom stereocenters. The van der Waals surface area contributed by atoms with Crippen molar-refractivity contribution >= 4 is 17.1 Å². The molecule has 0 radical (unpaired) electrons. The topological polar surface area (TPSA) is 46.5 Å². The number of ether oxygens (including phenoxy) is 1. The lowest BCUT2D eigenvalue weighted by molar-refractivity contribution is 0.0850. The summed E-state index contributed by atoms with van der Waals surface area (Å²) in [6, 6.07) is 6.60. The van der Waals surface area contributed by atoms with Gasteiger partial charge in [0.05, 0.1) is 12.0 Å². The van der Waals surface area contributed by atoms with E-state index in [0.717, 1.165) is 5.56 Å². The molecule has 2 aromatic rings. The third-order valence-corrected chi connectivity index (χ3v) is 3.52. The Balaban J connectivity index is 1.99. The SMILES string of the molecule is O=C1C[C@H](c2ccsc2)Oc2ccc(O)cc21. The molecule has 1 N–H and O–H groups in total. The number of phenols is 1. The van der Waals surface area contributed by atoms with Crippen LogP contribution in [0.25, 0.3) is 0 Å². The number of fused-ring (bicyclic) bond motifs is 1. The van der Waals surface area contributed by atoms with Crippen molar-refractivity contribution in [3.8, 4) is 11.5 Å². The number of Topliss-reactive ketones (excluding diaryl/α,β-unsaturated/α-hetero) is 1. The number of thiophene rings is 1. The van der Waals surface area contributed by atoms with E-state index < -0.39 is 0 Å². The highest BCUT2D eigenvalue weighted by Gasteiger charge is 2.27. The van der Waals surface area contributed by atoms with Crippen molar-refractivity contribution in [1.82, 2.24) is 0 Å². The van der Waals surface area contributed by atoms with Gasteiger partial charge in [0.25, 0.3) is 0 Å². The van der Waals surface area contributed by atoms with Crippen molar-refractivity contribution in [2.45, 2.75) is 12.5 Å². The Hall–Kier alpha value is -1.81. The zero-order valence-electron chi connectivity index (χ0n) is 8.92. The summed E-state index contributed by atoms with van der Waals surface area (Å²) in [7, 11) is 0. The van der Waals surface area contributed by atoms with Crippen LogP contribution in [0, 0.1) is 0 Å². The molecule has 17 heavy (non-hydrogen) atoms. The highest BCUT2D eigenvalue weighted by Crippen LogP contribution is 2.36. The number of rotatable bonds is 1. The van der Waals surface area contributed by atoms with Crippen LogP contribution in [0.5, 0.6) is 11.5 Å². The third-order valence-electron chi connectivity index (χ3n) is 2.82. The van der Waals surface area contributed by atoms with Gasteiger partial charge in [-0.2, -0.15) is 11.3 Å². The number of carbonyl (C=O) groups excluding carboxylic acids is 1. The molecule has 86 valence electrons. The van der Waals surface area contributed by atoms with Crippen molar-refractivity contribution in [1.29, 1.82) is 0 Å². The van der Waals surface area contributed by atoms with E-state index >= 15 is 0 Å². The maximum Gasteiger partial charge on any atom is 0.170 e. The molecule has 1 aromatic carbocycles. The zero-order valence-corrected chi connectivity index (χ0v) is 9.74. The van der Waals surface area contributed by atoms with E-state index in [0.29, 0.717) is 17.7 Å². The molecule has 0 amide bonds. The molecule has 1 aromatic heterocycles. The lowest BCUT2D eigenvalue weighted by Gasteiger charge is -2.24. The van der Waals surface area contributed by atoms with Crippen LogP contribution < -0.4 is 4.74 Å². The van der Waals surface area contributed by atoms with Crippen LogP contribution in [0.3, 0.4) is 0 Å². The fourth-order valence-corrected chi connectivity index (χ4v) is 2.66. The summed E-state index contributed by atoms with van der Waals surface area (Å²) in [5.41, 5.74) is 1.50. The first kappa shape index (κ1) is 10.4. The molecular formula is C13H10O3S. The van der Waals surface area contributed by atoms with E-state index in [1.165, 1.54) is 12.1 Å². The maximum absolute atomic E-state index is 12.0. The first-order chi connectivity index (χ1) is 8.24. The van der Waals surface area contributed by atoms with E-state index in [2.05, 4.69) is 0 Å². The fraction of sp³-hybridized carbons (Fsp3) is 0.154. The number of ketones is 1. The van der Waals surface area contributed by atoms with Crippen LogP contribution in [-0.4, -0.2) is 10.9 Å². The Labute approximate surface area is 102 Å². The van der Waals surface area contributed by atoms with Crippen LogP contribution in [0.15, 0.2) is 35.0 Å². The zero-order chi connectivity index (χ0) is 11.8. The van der Waals surface area contributed by atoms with Gasteiger partial charge < -0.3 is 9.84 Å². The quantitative estimate of drug-likeness (QED) is 0.840. The number of phenolic OH excluding ortho intramolecular Hbond substituents is 1. The predicted molar refractivity (Wildman–Crippen MR) is 64.7 cm³/mol. The first-order valence-corrected chi connectivity index (χ1v) is 6.23. The summed E-state index contributed by atoms with van der Waals surface area (Å²) in [6.45, 7) is 0. The minimum atomic E-state index is -0.203.